The van der Waals surface area contributed by atoms with E-state index in [0.29, 0.717) is 0 Å². The van der Waals surface area contributed by atoms with Gasteiger partial charge >= 0.3 is 20.4 Å². The summed E-state index contributed by atoms with van der Waals surface area (Å²) < 4.78 is 0. The molecule has 0 N–H and O–H groups in total. The molecule has 9 heavy (non-hydrogen) atoms. The number of rotatable bonds is 0. The van der Waals surface area contributed by atoms with Crippen LogP contribution >= 0.6 is 0 Å². The molecular weight excluding hydrogens is 203 g/mol. The molecule has 1 heteroatoms. The van der Waals surface area contributed by atoms with Gasteiger partial charge in [0.05, 0.1) is 0 Å². The van der Waals surface area contributed by atoms with Crippen molar-refractivity contribution in [1.82, 2.24) is 0 Å². The number of benzene rings is 1. The quantitative estimate of drug-likeness (QED) is 0.457. The minimum atomic E-state index is 0. The molecule has 0 unspecified atom stereocenters. The van der Waals surface area contributed by atoms with Gasteiger partial charge in [0.2, 0.25) is 0 Å². The first-order valence-corrected chi connectivity index (χ1v) is 2.26. The molecule has 0 aromatic heterocycles. The molecule has 0 atom stereocenters. The van der Waals surface area contributed by atoms with Gasteiger partial charge < -0.3 is 7.43 Å². The van der Waals surface area contributed by atoms with Crippen molar-refractivity contribution in [3.63, 3.8) is 0 Å². The number of hydrogen-bond donors (Lipinski definition) is 0. The van der Waals surface area contributed by atoms with E-state index in [1.165, 1.54) is 0 Å². The smallest absolute Gasteiger partial charge is 0.358 e. The van der Waals surface area contributed by atoms with Crippen LogP contribution in [0.25, 0.3) is 0 Å². The van der Waals surface area contributed by atoms with E-state index in [1.807, 2.05) is 30.3 Å². The standard InChI is InChI=1S/C7H7.CH3.Pd/c1-7-5-3-2-4-6-7;;/h2-6H,1H2;1H3;/q2*-1;+2. The fraction of sp³-hybridized carbons (Fsp3) is 0. The Morgan fingerprint density at radius 1 is 1.00 bits per heavy atom. The monoisotopic (exact) mass is 212 g/mol. The van der Waals surface area contributed by atoms with Crippen molar-refractivity contribution >= 4 is 0 Å². The maximum absolute atomic E-state index is 3.72. The van der Waals surface area contributed by atoms with Crippen molar-refractivity contribution < 1.29 is 20.4 Å². The largest absolute Gasteiger partial charge is 2.00 e. The summed E-state index contributed by atoms with van der Waals surface area (Å²) in [5.41, 5.74) is 1.07. The van der Waals surface area contributed by atoms with E-state index >= 15 is 0 Å². The second kappa shape index (κ2) is 5.88. The molecule has 0 saturated heterocycles. The first-order valence-electron chi connectivity index (χ1n) is 2.26. The van der Waals surface area contributed by atoms with Crippen molar-refractivity contribution in [2.45, 2.75) is 0 Å². The normalized spacial score (nSPS) is 6.67. The summed E-state index contributed by atoms with van der Waals surface area (Å²) in [4.78, 5) is 0. The summed E-state index contributed by atoms with van der Waals surface area (Å²) in [5.74, 6) is 0. The zero-order valence-electron chi connectivity index (χ0n) is 5.41. The minimum Gasteiger partial charge on any atom is -0.358 e. The van der Waals surface area contributed by atoms with Gasteiger partial charge in [0.1, 0.15) is 0 Å². The summed E-state index contributed by atoms with van der Waals surface area (Å²) in [6.07, 6.45) is 0. The van der Waals surface area contributed by atoms with E-state index in [-0.39, 0.29) is 27.8 Å². The van der Waals surface area contributed by atoms with Crippen LogP contribution in [-0.2, 0) is 20.4 Å². The molecular formula is C8H10Pd. The molecule has 0 aliphatic heterocycles. The van der Waals surface area contributed by atoms with Gasteiger partial charge in [-0.15, -0.1) is 12.1 Å². The third-order valence-corrected chi connectivity index (χ3v) is 0.843. The Morgan fingerprint density at radius 2 is 1.44 bits per heavy atom. The molecule has 0 saturated carbocycles. The molecule has 0 nitrogen and oxygen atoms in total. The zero-order chi connectivity index (χ0) is 5.11. The van der Waals surface area contributed by atoms with Crippen LogP contribution in [-0.4, -0.2) is 0 Å². The predicted molar refractivity (Wildman–Crippen MR) is 37.3 cm³/mol. The molecule has 1 aromatic rings. The van der Waals surface area contributed by atoms with Crippen LogP contribution < -0.4 is 0 Å². The molecule has 0 amide bonds. The summed E-state index contributed by atoms with van der Waals surface area (Å²) >= 11 is 0. The van der Waals surface area contributed by atoms with Gasteiger partial charge in [-0.3, -0.25) is 0 Å². The van der Waals surface area contributed by atoms with Crippen LogP contribution in [0.3, 0.4) is 0 Å². The Hall–Kier alpha value is -0.248. The molecule has 0 fully saturated rings. The second-order valence-corrected chi connectivity index (χ2v) is 1.49. The van der Waals surface area contributed by atoms with Crippen molar-refractivity contribution in [3.8, 4) is 0 Å². The minimum absolute atomic E-state index is 0. The van der Waals surface area contributed by atoms with Crippen LogP contribution in [0.5, 0.6) is 0 Å². The average molecular weight is 213 g/mol. The van der Waals surface area contributed by atoms with E-state index in [2.05, 4.69) is 6.92 Å². The van der Waals surface area contributed by atoms with Crippen LogP contribution in [0.2, 0.25) is 0 Å². The fourth-order valence-corrected chi connectivity index (χ4v) is 0.478. The van der Waals surface area contributed by atoms with Gasteiger partial charge in [0.15, 0.2) is 0 Å². The first kappa shape index (κ1) is 11.5. The Labute approximate surface area is 70.9 Å². The molecule has 1 aromatic carbocycles. The molecule has 0 aliphatic carbocycles. The molecule has 0 radical (unpaired) electrons. The van der Waals surface area contributed by atoms with Gasteiger partial charge in [-0.25, -0.2) is 0 Å². The van der Waals surface area contributed by atoms with Crippen LogP contribution in [0, 0.1) is 14.4 Å². The van der Waals surface area contributed by atoms with E-state index in [1.54, 1.807) is 0 Å². The fourth-order valence-electron chi connectivity index (χ4n) is 0.478. The van der Waals surface area contributed by atoms with Crippen molar-refractivity contribution in [3.05, 3.63) is 50.2 Å². The summed E-state index contributed by atoms with van der Waals surface area (Å²) in [5, 5.41) is 0. The number of hydrogen-bond acceptors (Lipinski definition) is 0. The van der Waals surface area contributed by atoms with Gasteiger partial charge in [-0.1, -0.05) is 6.07 Å². The summed E-state index contributed by atoms with van der Waals surface area (Å²) in [6, 6.07) is 9.87. The summed E-state index contributed by atoms with van der Waals surface area (Å²) in [6.45, 7) is 3.72. The van der Waals surface area contributed by atoms with Crippen LogP contribution in [0.4, 0.5) is 0 Å². The maximum atomic E-state index is 3.72. The van der Waals surface area contributed by atoms with E-state index < -0.39 is 0 Å². The second-order valence-electron chi connectivity index (χ2n) is 1.49. The first-order chi connectivity index (χ1) is 3.39. The molecule has 0 heterocycles. The Bertz CT molecular complexity index is 134. The molecule has 52 valence electrons. The van der Waals surface area contributed by atoms with Crippen molar-refractivity contribution in [2.24, 2.45) is 0 Å². The van der Waals surface area contributed by atoms with Gasteiger partial charge in [0, 0.05) is 0 Å². The van der Waals surface area contributed by atoms with Gasteiger partial charge in [0.25, 0.3) is 0 Å². The SMILES string of the molecule is [CH2-]c1ccccc1.[CH3-].[Pd+2]. The van der Waals surface area contributed by atoms with E-state index in [4.69, 9.17) is 0 Å². The predicted octanol–water partition coefficient (Wildman–Crippen LogP) is 2.32. The zero-order valence-corrected chi connectivity index (χ0v) is 6.96. The van der Waals surface area contributed by atoms with E-state index in [9.17, 15) is 0 Å². The Kier molecular flexibility index (Phi) is 7.54. The van der Waals surface area contributed by atoms with Gasteiger partial charge in [-0.2, -0.15) is 24.6 Å². The van der Waals surface area contributed by atoms with Crippen molar-refractivity contribution in [1.29, 1.82) is 0 Å². The third kappa shape index (κ3) is 4.27. The summed E-state index contributed by atoms with van der Waals surface area (Å²) in [7, 11) is 0. The third-order valence-electron chi connectivity index (χ3n) is 0.843. The Morgan fingerprint density at radius 3 is 1.67 bits per heavy atom. The van der Waals surface area contributed by atoms with E-state index in [0.717, 1.165) is 5.56 Å². The molecule has 1 rings (SSSR count). The topological polar surface area (TPSA) is 0 Å². The van der Waals surface area contributed by atoms with Crippen LogP contribution in [0.15, 0.2) is 30.3 Å². The maximum Gasteiger partial charge on any atom is 2.00 e. The molecule has 0 aliphatic rings. The molecule has 0 bridgehead atoms. The van der Waals surface area contributed by atoms with Gasteiger partial charge in [-0.05, 0) is 0 Å². The molecule has 0 spiro atoms. The van der Waals surface area contributed by atoms with Crippen LogP contribution in [0.1, 0.15) is 5.56 Å². The Balaban J connectivity index is 0. The average Bonchev–Trinajstić information content (AvgIpc) is 1.69. The van der Waals surface area contributed by atoms with Crippen molar-refractivity contribution in [2.75, 3.05) is 0 Å².